The molecule has 8 aliphatic heterocycles. The fraction of sp³-hybridized carbons (Fsp3) is 0.307. The molecule has 4 amide bonds. The number of esters is 1. The molecular formula is C101H107Cl2N10O15Sn. The van der Waals surface area contributed by atoms with Crippen LogP contribution in [-0.4, -0.2) is 175 Å². The van der Waals surface area contributed by atoms with Gasteiger partial charge in [-0.1, -0.05) is 80.2 Å². The van der Waals surface area contributed by atoms with Crippen LogP contribution in [0.4, 0.5) is 56.9 Å². The van der Waals surface area contributed by atoms with Gasteiger partial charge in [0.2, 0.25) is 0 Å². The van der Waals surface area contributed by atoms with Gasteiger partial charge in [-0.25, -0.2) is 0 Å². The number of aryl methyl sites for hydroxylation is 2. The van der Waals surface area contributed by atoms with Gasteiger partial charge in [0.05, 0.1) is 90.5 Å². The first-order chi connectivity index (χ1) is 61.5. The third kappa shape index (κ3) is 20.9. The van der Waals surface area contributed by atoms with Gasteiger partial charge in [-0.3, -0.25) is 68.3 Å². The molecule has 25 nitrogen and oxygen atoms in total. The van der Waals surface area contributed by atoms with E-state index >= 15 is 0 Å². The number of aliphatic imine (C=N–C) groups is 4. The van der Waals surface area contributed by atoms with Crippen LogP contribution in [0, 0.1) is 13.8 Å². The molecule has 4 atom stereocenters. The van der Waals surface area contributed by atoms with Gasteiger partial charge in [-0.15, -0.1) is 23.2 Å². The fourth-order valence-electron chi connectivity index (χ4n) is 17.0. The van der Waals surface area contributed by atoms with Gasteiger partial charge >= 0.3 is 46.5 Å². The molecular weight excluding hydrogens is 1780 g/mol. The molecule has 0 aliphatic carbocycles. The van der Waals surface area contributed by atoms with Crippen molar-refractivity contribution in [1.82, 2.24) is 0 Å². The molecule has 0 spiro atoms. The van der Waals surface area contributed by atoms with Crippen LogP contribution >= 0.6 is 23.2 Å². The molecule has 0 bridgehead atoms. The van der Waals surface area contributed by atoms with Crippen LogP contribution in [0.15, 0.2) is 202 Å². The van der Waals surface area contributed by atoms with Crippen molar-refractivity contribution in [1.29, 1.82) is 0 Å². The van der Waals surface area contributed by atoms with Crippen LogP contribution in [-0.2, 0) is 66.4 Å². The number of halogens is 2. The fourth-order valence-corrected chi connectivity index (χ4v) is 17.0. The van der Waals surface area contributed by atoms with Gasteiger partial charge in [0, 0.05) is 161 Å². The molecule has 8 heterocycles. The van der Waals surface area contributed by atoms with E-state index in [2.05, 4.69) is 37.9 Å². The number of methoxy groups -OCH3 is 3. The number of carbonyl (C=O) groups excluding carboxylic acids is 5. The Morgan fingerprint density at radius 2 is 0.698 bits per heavy atom. The predicted molar refractivity (Wildman–Crippen MR) is 514 cm³/mol. The Balaban J connectivity index is 0.000000200. The first-order valence-corrected chi connectivity index (χ1v) is 52.0. The van der Waals surface area contributed by atoms with E-state index in [1.165, 1.54) is 7.11 Å². The molecule has 10 aromatic carbocycles. The molecule has 0 unspecified atom stereocenters. The van der Waals surface area contributed by atoms with Crippen LogP contribution in [0.3, 0.4) is 0 Å². The Morgan fingerprint density at radius 3 is 0.984 bits per heavy atom. The number of alkyl halides is 2. The van der Waals surface area contributed by atoms with Gasteiger partial charge in [0.15, 0.2) is 23.0 Å². The van der Waals surface area contributed by atoms with Crippen LogP contribution in [0.1, 0.15) is 130 Å². The van der Waals surface area contributed by atoms with Crippen LogP contribution < -0.4 is 57.8 Å². The zero-order valence-corrected chi connectivity index (χ0v) is 77.6. The number of aliphatic carboxylic acids is 1. The molecule has 0 saturated carbocycles. The van der Waals surface area contributed by atoms with E-state index in [0.717, 1.165) is 103 Å². The Kier molecular flexibility index (Phi) is 30.7. The number of amides is 4. The summed E-state index contributed by atoms with van der Waals surface area (Å²) >= 11 is 9.56. The molecule has 18 rings (SSSR count). The summed E-state index contributed by atoms with van der Waals surface area (Å²) in [6.45, 7) is 5.79. The average molecular weight is 1890 g/mol. The summed E-state index contributed by atoms with van der Waals surface area (Å²) in [6.07, 6.45) is 11.7. The first-order valence-electron chi connectivity index (χ1n) is 42.4. The van der Waals surface area contributed by atoms with Gasteiger partial charge < -0.3 is 53.5 Å². The molecule has 0 saturated heterocycles. The number of anilines is 6. The molecule has 129 heavy (non-hydrogen) atoms. The number of carboxylic acids is 1. The Morgan fingerprint density at radius 1 is 0.419 bits per heavy atom. The number of para-hydroxylation sites is 4. The topological polar surface area (TPSA) is 288 Å². The van der Waals surface area contributed by atoms with Crippen molar-refractivity contribution in [3.63, 3.8) is 0 Å². The van der Waals surface area contributed by atoms with Gasteiger partial charge in [0.25, 0.3) is 23.6 Å². The van der Waals surface area contributed by atoms with Crippen molar-refractivity contribution in [2.24, 2.45) is 20.0 Å². The molecule has 0 fully saturated rings. The van der Waals surface area contributed by atoms with Crippen LogP contribution in [0.25, 0.3) is 0 Å². The van der Waals surface area contributed by atoms with Crippen molar-refractivity contribution in [3.05, 3.63) is 260 Å². The average Bonchev–Trinajstić information content (AvgIpc) is 1.62. The number of carboxylic acid groups (broad SMARTS) is 1. The van der Waals surface area contributed by atoms with Crippen molar-refractivity contribution in [2.45, 2.75) is 138 Å². The maximum absolute atomic E-state index is 14.0. The second-order valence-electron chi connectivity index (χ2n) is 32.8. The monoisotopic (exact) mass is 1890 g/mol. The number of benzene rings is 10. The molecule has 10 aromatic rings. The summed E-state index contributed by atoms with van der Waals surface area (Å²) < 4.78 is 42.2. The number of nitrogens with zero attached hydrogens (tertiary/aromatic N) is 10. The minimum absolute atomic E-state index is 0. The van der Waals surface area contributed by atoms with Crippen LogP contribution in [0.5, 0.6) is 34.5 Å². The summed E-state index contributed by atoms with van der Waals surface area (Å²) in [6, 6.07) is 57.7. The zero-order valence-electron chi connectivity index (χ0n) is 73.2. The second kappa shape index (κ2) is 42.1. The molecule has 3 N–H and O–H groups in total. The predicted octanol–water partition coefficient (Wildman–Crippen LogP) is 18.8. The summed E-state index contributed by atoms with van der Waals surface area (Å²) in [5.74, 6) is 2.56. The summed E-state index contributed by atoms with van der Waals surface area (Å²) in [4.78, 5) is 116. The minimum atomic E-state index is -0.840. The first kappa shape index (κ1) is 94.1. The van der Waals surface area contributed by atoms with Gasteiger partial charge in [0.1, 0.15) is 37.9 Å². The van der Waals surface area contributed by atoms with E-state index in [1.807, 2.05) is 212 Å². The number of rotatable bonds is 25. The molecule has 28 heteroatoms. The Bertz CT molecular complexity index is 6020. The number of hydrogen-bond acceptors (Lipinski definition) is 19. The SMILES string of the molecule is C.COC(=O)CCCN(C)c1cc(COc2cc3c(cc2C)C(=O)N2c4ccccc4C[C@H]2C=N3)cc(COc2cc3c(cc2OC)C(=O)N2c4ccccc4C[C@H]2C=N3)c1.COc1cc2c(cc1OCc1cc(COc3cc4c(cc3C)C(=O)N3c5ccccc5C[C@H]3C=N4)cc(N(C)CCCC(=O)O)c1)N=C[C@@H]1Cc3ccccc3N1C2=O.ClCCCl.O.[CH3][Sn]([CH3])[CH3]. The number of hydrogen-bond donors (Lipinski definition) is 1. The Hall–Kier alpha value is -12.6. The van der Waals surface area contributed by atoms with Crippen molar-refractivity contribution in [2.75, 3.05) is 89.7 Å². The molecule has 8 aliphatic rings. The van der Waals surface area contributed by atoms with Crippen molar-refractivity contribution >= 4 is 160 Å². The molecule has 669 valence electrons. The summed E-state index contributed by atoms with van der Waals surface area (Å²) in [7, 11) is 8.40. The van der Waals surface area contributed by atoms with E-state index in [0.29, 0.717) is 136 Å². The summed E-state index contributed by atoms with van der Waals surface area (Å²) in [5, 5.41) is 9.25. The maximum atomic E-state index is 14.0. The van der Waals surface area contributed by atoms with Crippen molar-refractivity contribution < 1.29 is 72.5 Å². The van der Waals surface area contributed by atoms with E-state index in [9.17, 15) is 33.9 Å². The van der Waals surface area contributed by atoms with Crippen molar-refractivity contribution in [3.8, 4) is 34.5 Å². The quantitative estimate of drug-likeness (QED) is 0.0316. The van der Waals surface area contributed by atoms with Crippen LogP contribution in [0.2, 0.25) is 14.8 Å². The normalized spacial score (nSPS) is 16.1. The van der Waals surface area contributed by atoms with E-state index < -0.39 is 25.7 Å². The van der Waals surface area contributed by atoms with E-state index in [1.54, 1.807) is 43.4 Å². The number of ether oxygens (including phenoxy) is 7. The third-order valence-electron chi connectivity index (χ3n) is 23.1. The number of carbonyl (C=O) groups is 6. The summed E-state index contributed by atoms with van der Waals surface area (Å²) in [5.41, 5.74) is 19.1. The standard InChI is InChI=1S/C48H45N5O7.C47H43N5O7.C2H4Cl2.CH4.3CH3.H2O.Sn/c1-29-16-37-39(49-25-35-20-32-10-5-7-12-41(32)52(35)47(37)55)23-43(29)59-27-30-17-31(19-34(18-30)51(2)15-9-14-46(54)58-4)28-60-45-24-40-38(22-44(45)57-3)48(56)53-36(26-50-40)21-33-11-6-8-13-42(33)53;1-28-15-36-38(48-24-34-19-31-9-4-6-11-40(31)51(34)46(36)55)22-42(28)58-26-29-16-30(18-33(17-29)50(2)14-8-13-45(53)54)27-59-44-23-39-37(21-43(44)57-3)47(56)52-35(25-49-39)20-32-10-5-7-12-41(32)52;3-1-2-4;;;;;;/h5-8,10-13,16-19,22-26,35-36H,9,14-15,20-21,27-28H2,1-4H3;4-7,9-12,15-18,21-25,34-35H,8,13-14,19-20,26-27H2,1-3H3,(H,53,54);1-2H2;1H4;3*1H3;1H2;/t35-,36-;34-,35-;;;;;;;/m00......./s1. The second-order valence-corrected chi connectivity index (χ2v) is 42.1. The van der Waals surface area contributed by atoms with E-state index in [4.69, 9.17) is 76.3 Å². The van der Waals surface area contributed by atoms with Gasteiger partial charge in [-0.05, 0) is 167 Å². The molecule has 0 aromatic heterocycles. The zero-order chi connectivity index (χ0) is 89.3. The third-order valence-corrected chi connectivity index (χ3v) is 23.7. The number of fused-ring (bicyclic) bond motifs is 16. The van der Waals surface area contributed by atoms with E-state index in [-0.39, 0.29) is 99.5 Å². The Labute approximate surface area is 769 Å². The van der Waals surface area contributed by atoms with Gasteiger partial charge in [-0.2, -0.15) is 0 Å². The molecule has 1 radical (unpaired) electrons.